The molecular formula is C17H30N2O. The Labute approximate surface area is 124 Å². The molecule has 1 aromatic carbocycles. The van der Waals surface area contributed by atoms with Gasteiger partial charge in [-0.1, -0.05) is 27.7 Å². The Balaban J connectivity index is 2.67. The number of nitrogens with one attached hydrogen (secondary N) is 1. The van der Waals surface area contributed by atoms with Crippen LogP contribution in [0, 0.1) is 5.41 Å². The third-order valence-corrected chi connectivity index (χ3v) is 3.92. The molecule has 20 heavy (non-hydrogen) atoms. The SMILES string of the molecule is CCC(C)(CNC(C)C)CN(C)c1ccc(OC)cc1. The second-order valence-corrected chi connectivity index (χ2v) is 6.25. The standard InChI is InChI=1S/C17H30N2O/c1-7-17(4,12-18-14(2)3)13-19(5)15-8-10-16(20-6)11-9-15/h8-11,14,18H,7,12-13H2,1-6H3. The van der Waals surface area contributed by atoms with Crippen molar-refractivity contribution >= 4 is 5.69 Å². The van der Waals surface area contributed by atoms with Crippen molar-refractivity contribution < 1.29 is 4.74 Å². The smallest absolute Gasteiger partial charge is 0.119 e. The van der Waals surface area contributed by atoms with E-state index >= 15 is 0 Å². The molecule has 3 heteroatoms. The molecule has 1 atom stereocenters. The minimum atomic E-state index is 0.277. The Morgan fingerprint density at radius 2 is 1.85 bits per heavy atom. The van der Waals surface area contributed by atoms with Gasteiger partial charge in [-0.3, -0.25) is 0 Å². The minimum absolute atomic E-state index is 0.277. The number of hydrogen-bond acceptors (Lipinski definition) is 3. The van der Waals surface area contributed by atoms with E-state index in [2.05, 4.69) is 57.1 Å². The van der Waals surface area contributed by atoms with E-state index in [0.717, 1.165) is 25.3 Å². The summed E-state index contributed by atoms with van der Waals surface area (Å²) in [5, 5.41) is 3.57. The van der Waals surface area contributed by atoms with E-state index in [1.165, 1.54) is 5.69 Å². The van der Waals surface area contributed by atoms with Crippen molar-refractivity contribution in [2.24, 2.45) is 5.41 Å². The lowest BCUT2D eigenvalue weighted by Crippen LogP contribution is -2.42. The maximum absolute atomic E-state index is 5.21. The largest absolute Gasteiger partial charge is 0.497 e. The number of methoxy groups -OCH3 is 1. The van der Waals surface area contributed by atoms with E-state index in [1.807, 2.05) is 12.1 Å². The van der Waals surface area contributed by atoms with E-state index in [9.17, 15) is 0 Å². The molecule has 1 unspecified atom stereocenters. The fourth-order valence-electron chi connectivity index (χ4n) is 2.24. The Morgan fingerprint density at radius 1 is 1.25 bits per heavy atom. The molecule has 0 bridgehead atoms. The van der Waals surface area contributed by atoms with Crippen molar-refractivity contribution in [3.63, 3.8) is 0 Å². The zero-order valence-electron chi connectivity index (χ0n) is 13.9. The molecule has 0 fully saturated rings. The molecule has 1 aromatic rings. The highest BCUT2D eigenvalue weighted by Crippen LogP contribution is 2.25. The molecule has 0 aliphatic carbocycles. The van der Waals surface area contributed by atoms with Crippen LogP contribution in [0.3, 0.4) is 0 Å². The van der Waals surface area contributed by atoms with Crippen LogP contribution in [0.15, 0.2) is 24.3 Å². The first-order valence-corrected chi connectivity index (χ1v) is 7.49. The first-order chi connectivity index (χ1) is 9.40. The van der Waals surface area contributed by atoms with Gasteiger partial charge in [0, 0.05) is 31.9 Å². The summed E-state index contributed by atoms with van der Waals surface area (Å²) in [6.45, 7) is 11.1. The fraction of sp³-hybridized carbons (Fsp3) is 0.647. The Morgan fingerprint density at radius 3 is 2.30 bits per heavy atom. The van der Waals surface area contributed by atoms with Crippen molar-refractivity contribution in [1.82, 2.24) is 5.32 Å². The number of anilines is 1. The van der Waals surface area contributed by atoms with Gasteiger partial charge in [0.25, 0.3) is 0 Å². The van der Waals surface area contributed by atoms with E-state index in [-0.39, 0.29) is 5.41 Å². The normalized spacial score (nSPS) is 14.2. The van der Waals surface area contributed by atoms with Gasteiger partial charge in [-0.2, -0.15) is 0 Å². The third-order valence-electron chi connectivity index (χ3n) is 3.92. The van der Waals surface area contributed by atoms with Gasteiger partial charge in [-0.05, 0) is 36.1 Å². The van der Waals surface area contributed by atoms with Crippen LogP contribution in [0.1, 0.15) is 34.1 Å². The molecule has 114 valence electrons. The number of benzene rings is 1. The summed E-state index contributed by atoms with van der Waals surface area (Å²) in [4.78, 5) is 2.32. The highest BCUT2D eigenvalue weighted by molar-refractivity contribution is 5.48. The van der Waals surface area contributed by atoms with Crippen molar-refractivity contribution in [3.05, 3.63) is 24.3 Å². The van der Waals surface area contributed by atoms with Crippen LogP contribution < -0.4 is 15.0 Å². The molecule has 0 heterocycles. The van der Waals surface area contributed by atoms with Crippen LogP contribution in [0.2, 0.25) is 0 Å². The van der Waals surface area contributed by atoms with Gasteiger partial charge in [0.05, 0.1) is 7.11 Å². The minimum Gasteiger partial charge on any atom is -0.497 e. The summed E-state index contributed by atoms with van der Waals surface area (Å²) in [5.74, 6) is 0.905. The summed E-state index contributed by atoms with van der Waals surface area (Å²) in [6, 6.07) is 8.80. The number of nitrogens with zero attached hydrogens (tertiary/aromatic N) is 1. The topological polar surface area (TPSA) is 24.5 Å². The van der Waals surface area contributed by atoms with Crippen LogP contribution in [0.4, 0.5) is 5.69 Å². The molecule has 0 radical (unpaired) electrons. The zero-order chi connectivity index (χ0) is 15.2. The van der Waals surface area contributed by atoms with Gasteiger partial charge in [0.1, 0.15) is 5.75 Å². The molecule has 3 nitrogen and oxygen atoms in total. The van der Waals surface area contributed by atoms with Crippen LogP contribution in [-0.2, 0) is 0 Å². The lowest BCUT2D eigenvalue weighted by atomic mass is 9.86. The number of ether oxygens (including phenoxy) is 1. The zero-order valence-corrected chi connectivity index (χ0v) is 13.9. The first kappa shape index (κ1) is 16.8. The second-order valence-electron chi connectivity index (χ2n) is 6.25. The highest BCUT2D eigenvalue weighted by atomic mass is 16.5. The molecule has 1 N–H and O–H groups in total. The summed E-state index contributed by atoms with van der Waals surface area (Å²) < 4.78 is 5.21. The molecule has 0 spiro atoms. The first-order valence-electron chi connectivity index (χ1n) is 7.49. The van der Waals surface area contributed by atoms with Gasteiger partial charge in [0.2, 0.25) is 0 Å². The third kappa shape index (κ3) is 5.04. The molecule has 0 saturated carbocycles. The van der Waals surface area contributed by atoms with Crippen molar-refractivity contribution in [3.8, 4) is 5.75 Å². The summed E-state index contributed by atoms with van der Waals surface area (Å²) >= 11 is 0. The Bertz CT molecular complexity index is 388. The molecular weight excluding hydrogens is 248 g/mol. The number of rotatable bonds is 8. The average Bonchev–Trinajstić information content (AvgIpc) is 2.45. The van der Waals surface area contributed by atoms with Crippen LogP contribution in [0.25, 0.3) is 0 Å². The maximum atomic E-state index is 5.21. The predicted octanol–water partition coefficient (Wildman–Crippen LogP) is 3.55. The monoisotopic (exact) mass is 278 g/mol. The van der Waals surface area contributed by atoms with E-state index < -0.39 is 0 Å². The maximum Gasteiger partial charge on any atom is 0.119 e. The summed E-state index contributed by atoms with van der Waals surface area (Å²) in [5.41, 5.74) is 1.51. The van der Waals surface area contributed by atoms with Crippen molar-refractivity contribution in [2.75, 3.05) is 32.1 Å². The number of hydrogen-bond donors (Lipinski definition) is 1. The van der Waals surface area contributed by atoms with E-state index in [0.29, 0.717) is 6.04 Å². The quantitative estimate of drug-likeness (QED) is 0.787. The van der Waals surface area contributed by atoms with Crippen molar-refractivity contribution in [1.29, 1.82) is 0 Å². The molecule has 0 saturated heterocycles. The molecule has 1 rings (SSSR count). The fourth-order valence-corrected chi connectivity index (χ4v) is 2.24. The van der Waals surface area contributed by atoms with Crippen LogP contribution >= 0.6 is 0 Å². The van der Waals surface area contributed by atoms with Crippen LogP contribution in [0.5, 0.6) is 5.75 Å². The highest BCUT2D eigenvalue weighted by Gasteiger charge is 2.24. The van der Waals surface area contributed by atoms with Gasteiger partial charge in [-0.15, -0.1) is 0 Å². The van der Waals surface area contributed by atoms with Gasteiger partial charge in [-0.25, -0.2) is 0 Å². The summed E-state index contributed by atoms with van der Waals surface area (Å²) in [7, 11) is 3.86. The Hall–Kier alpha value is -1.22. The van der Waals surface area contributed by atoms with Gasteiger partial charge in [0.15, 0.2) is 0 Å². The molecule has 0 amide bonds. The van der Waals surface area contributed by atoms with Crippen molar-refractivity contribution in [2.45, 2.75) is 40.2 Å². The predicted molar refractivity (Wildman–Crippen MR) is 87.8 cm³/mol. The van der Waals surface area contributed by atoms with E-state index in [4.69, 9.17) is 4.74 Å². The van der Waals surface area contributed by atoms with Gasteiger partial charge >= 0.3 is 0 Å². The van der Waals surface area contributed by atoms with Crippen LogP contribution in [-0.4, -0.2) is 33.3 Å². The lowest BCUT2D eigenvalue weighted by Gasteiger charge is -2.35. The molecule has 0 aromatic heterocycles. The summed E-state index contributed by atoms with van der Waals surface area (Å²) in [6.07, 6.45) is 1.16. The second kappa shape index (κ2) is 7.53. The molecule has 0 aliphatic rings. The average molecular weight is 278 g/mol. The van der Waals surface area contributed by atoms with E-state index in [1.54, 1.807) is 7.11 Å². The van der Waals surface area contributed by atoms with Gasteiger partial charge < -0.3 is 15.0 Å². The lowest BCUT2D eigenvalue weighted by molar-refractivity contribution is 0.290. The Kier molecular flexibility index (Phi) is 6.34. The molecule has 0 aliphatic heterocycles.